The second-order valence-electron chi connectivity index (χ2n) is 9.10. The van der Waals surface area contributed by atoms with Crippen molar-refractivity contribution in [3.05, 3.63) is 23.8 Å². The fourth-order valence-electron chi connectivity index (χ4n) is 5.19. The zero-order valence-corrected chi connectivity index (χ0v) is 19.3. The van der Waals surface area contributed by atoms with Crippen molar-refractivity contribution in [1.29, 1.82) is 0 Å². The van der Waals surface area contributed by atoms with Gasteiger partial charge in [-0.25, -0.2) is 0 Å². The van der Waals surface area contributed by atoms with Crippen LogP contribution in [0.15, 0.2) is 18.2 Å². The molecule has 0 radical (unpaired) electrons. The van der Waals surface area contributed by atoms with Crippen LogP contribution in [0.2, 0.25) is 0 Å². The maximum atomic E-state index is 13.0. The van der Waals surface area contributed by atoms with E-state index < -0.39 is 0 Å². The number of carbonyl (C=O) groups excluding carboxylic acids is 3. The smallest absolute Gasteiger partial charge is 0.239 e. The van der Waals surface area contributed by atoms with Crippen molar-refractivity contribution in [3.8, 4) is 11.5 Å². The molecule has 33 heavy (non-hydrogen) atoms. The molecular formula is C24H33N3O6. The van der Waals surface area contributed by atoms with Gasteiger partial charge in [-0.1, -0.05) is 0 Å². The van der Waals surface area contributed by atoms with Crippen LogP contribution < -0.4 is 20.1 Å². The topological polar surface area (TPSA) is 106 Å². The number of hydrogen-bond donors (Lipinski definition) is 2. The molecule has 2 aliphatic heterocycles. The summed E-state index contributed by atoms with van der Waals surface area (Å²) in [6, 6.07) is 5.40. The SMILES string of the molecule is COc1ccc(CNC(=O)[C@H]2C[C@@H]3CN(C(=O)C4CCOCC4)CC(=O)N[C@@H]3C2)c(OC)c1. The Hall–Kier alpha value is -2.81. The number of rotatable bonds is 6. The van der Waals surface area contributed by atoms with Crippen LogP contribution >= 0.6 is 0 Å². The van der Waals surface area contributed by atoms with E-state index in [4.69, 9.17) is 14.2 Å². The minimum Gasteiger partial charge on any atom is -0.497 e. The Morgan fingerprint density at radius 2 is 1.94 bits per heavy atom. The number of hydrogen-bond acceptors (Lipinski definition) is 6. The molecule has 2 heterocycles. The van der Waals surface area contributed by atoms with E-state index in [2.05, 4.69) is 10.6 Å². The fourth-order valence-corrected chi connectivity index (χ4v) is 5.19. The second kappa shape index (κ2) is 10.4. The highest BCUT2D eigenvalue weighted by molar-refractivity contribution is 5.87. The van der Waals surface area contributed by atoms with Crippen molar-refractivity contribution < 1.29 is 28.6 Å². The molecule has 0 spiro atoms. The number of fused-ring (bicyclic) bond motifs is 1. The highest BCUT2D eigenvalue weighted by Crippen LogP contribution is 2.34. The summed E-state index contributed by atoms with van der Waals surface area (Å²) in [4.78, 5) is 40.1. The van der Waals surface area contributed by atoms with E-state index in [1.165, 1.54) is 0 Å². The Balaban J connectivity index is 1.35. The molecule has 2 saturated heterocycles. The first kappa shape index (κ1) is 23.4. The Morgan fingerprint density at radius 3 is 2.67 bits per heavy atom. The quantitative estimate of drug-likeness (QED) is 0.660. The van der Waals surface area contributed by atoms with Crippen LogP contribution in [0.5, 0.6) is 11.5 Å². The van der Waals surface area contributed by atoms with E-state index >= 15 is 0 Å². The zero-order chi connectivity index (χ0) is 23.4. The molecule has 1 aromatic rings. The van der Waals surface area contributed by atoms with Crippen molar-refractivity contribution in [2.24, 2.45) is 17.8 Å². The fraction of sp³-hybridized carbons (Fsp3) is 0.625. The molecule has 0 bridgehead atoms. The Kier molecular flexibility index (Phi) is 7.37. The van der Waals surface area contributed by atoms with Crippen molar-refractivity contribution >= 4 is 17.7 Å². The van der Waals surface area contributed by atoms with Gasteiger partial charge in [0.15, 0.2) is 0 Å². The number of methoxy groups -OCH3 is 2. The van der Waals surface area contributed by atoms with Gasteiger partial charge >= 0.3 is 0 Å². The third-order valence-corrected chi connectivity index (χ3v) is 7.03. The summed E-state index contributed by atoms with van der Waals surface area (Å²) in [6.45, 7) is 2.12. The minimum atomic E-state index is -0.206. The van der Waals surface area contributed by atoms with Gasteiger partial charge in [0, 0.05) is 55.8 Å². The van der Waals surface area contributed by atoms with Gasteiger partial charge in [0.05, 0.1) is 20.8 Å². The van der Waals surface area contributed by atoms with Crippen LogP contribution in [0.1, 0.15) is 31.2 Å². The molecule has 3 amide bonds. The summed E-state index contributed by atoms with van der Waals surface area (Å²) < 4.78 is 16.0. The Labute approximate surface area is 194 Å². The summed E-state index contributed by atoms with van der Waals surface area (Å²) in [5, 5.41) is 6.06. The number of benzene rings is 1. The molecule has 3 atom stereocenters. The van der Waals surface area contributed by atoms with Crippen LogP contribution in [0, 0.1) is 17.8 Å². The van der Waals surface area contributed by atoms with E-state index in [-0.39, 0.29) is 48.1 Å². The number of carbonyl (C=O) groups is 3. The summed E-state index contributed by atoms with van der Waals surface area (Å²) >= 11 is 0. The third-order valence-electron chi connectivity index (χ3n) is 7.03. The first-order chi connectivity index (χ1) is 16.0. The molecule has 1 aliphatic carbocycles. The van der Waals surface area contributed by atoms with E-state index in [9.17, 15) is 14.4 Å². The van der Waals surface area contributed by atoms with Crippen LogP contribution in [0.3, 0.4) is 0 Å². The molecule has 9 heteroatoms. The zero-order valence-electron chi connectivity index (χ0n) is 19.3. The average Bonchev–Trinajstić information content (AvgIpc) is 3.16. The van der Waals surface area contributed by atoms with E-state index in [1.54, 1.807) is 25.2 Å². The van der Waals surface area contributed by atoms with Crippen molar-refractivity contribution in [2.75, 3.05) is 40.5 Å². The van der Waals surface area contributed by atoms with Gasteiger partial charge in [-0.05, 0) is 43.7 Å². The number of amides is 3. The standard InChI is InChI=1S/C24H33N3O6/c1-31-19-4-3-16(21(11-19)32-2)12-25-23(29)17-9-18-13-27(14-22(28)26-20(18)10-17)24(30)15-5-7-33-8-6-15/h3-4,11,15,17-18,20H,5-10,12-14H2,1-2H3,(H,25,29)(H,26,28)/t17-,18+,20+/m0/s1. The van der Waals surface area contributed by atoms with E-state index in [1.807, 2.05) is 12.1 Å². The lowest BCUT2D eigenvalue weighted by Crippen LogP contribution is -2.43. The molecule has 0 unspecified atom stereocenters. The lowest BCUT2D eigenvalue weighted by atomic mass is 9.97. The van der Waals surface area contributed by atoms with E-state index in [0.717, 1.165) is 5.56 Å². The first-order valence-corrected chi connectivity index (χ1v) is 11.6. The maximum absolute atomic E-state index is 13.0. The lowest BCUT2D eigenvalue weighted by Gasteiger charge is -2.29. The molecular weight excluding hydrogens is 426 g/mol. The largest absolute Gasteiger partial charge is 0.497 e. The molecule has 9 nitrogen and oxygen atoms in total. The summed E-state index contributed by atoms with van der Waals surface area (Å²) in [7, 11) is 3.18. The molecule has 4 rings (SSSR count). The van der Waals surface area contributed by atoms with E-state index in [0.29, 0.717) is 63.5 Å². The molecule has 1 saturated carbocycles. The molecule has 3 aliphatic rings. The molecule has 1 aromatic carbocycles. The monoisotopic (exact) mass is 459 g/mol. The molecule has 2 N–H and O–H groups in total. The van der Waals surface area contributed by atoms with Crippen LogP contribution in [-0.4, -0.2) is 69.2 Å². The Morgan fingerprint density at radius 1 is 1.15 bits per heavy atom. The number of nitrogens with one attached hydrogen (secondary N) is 2. The molecule has 3 fully saturated rings. The average molecular weight is 460 g/mol. The predicted molar refractivity (Wildman–Crippen MR) is 120 cm³/mol. The van der Waals surface area contributed by atoms with Gasteiger partial charge in [0.2, 0.25) is 17.7 Å². The Bertz CT molecular complexity index is 885. The van der Waals surface area contributed by atoms with Crippen molar-refractivity contribution in [2.45, 2.75) is 38.3 Å². The predicted octanol–water partition coefficient (Wildman–Crippen LogP) is 1.10. The highest BCUT2D eigenvalue weighted by Gasteiger charge is 2.43. The van der Waals surface area contributed by atoms with Crippen molar-refractivity contribution in [1.82, 2.24) is 15.5 Å². The maximum Gasteiger partial charge on any atom is 0.239 e. The van der Waals surface area contributed by atoms with Gasteiger partial charge in [-0.15, -0.1) is 0 Å². The summed E-state index contributed by atoms with van der Waals surface area (Å²) in [6.07, 6.45) is 2.63. The highest BCUT2D eigenvalue weighted by atomic mass is 16.5. The normalized spacial score (nSPS) is 25.6. The molecule has 180 valence electrons. The number of ether oxygens (including phenoxy) is 3. The van der Waals surface area contributed by atoms with Gasteiger partial charge in [-0.3, -0.25) is 14.4 Å². The van der Waals surface area contributed by atoms with Crippen LogP contribution in [0.25, 0.3) is 0 Å². The minimum absolute atomic E-state index is 0.0357. The second-order valence-corrected chi connectivity index (χ2v) is 9.10. The van der Waals surface area contributed by atoms with Gasteiger partial charge in [-0.2, -0.15) is 0 Å². The summed E-state index contributed by atoms with van der Waals surface area (Å²) in [5.41, 5.74) is 0.861. The van der Waals surface area contributed by atoms with Gasteiger partial charge in [0.1, 0.15) is 11.5 Å². The molecule has 0 aromatic heterocycles. The van der Waals surface area contributed by atoms with Gasteiger partial charge in [0.25, 0.3) is 0 Å². The van der Waals surface area contributed by atoms with Crippen LogP contribution in [-0.2, 0) is 25.7 Å². The van der Waals surface area contributed by atoms with Crippen LogP contribution in [0.4, 0.5) is 0 Å². The van der Waals surface area contributed by atoms with Gasteiger partial charge < -0.3 is 29.7 Å². The van der Waals surface area contributed by atoms with Crippen molar-refractivity contribution in [3.63, 3.8) is 0 Å². The summed E-state index contributed by atoms with van der Waals surface area (Å²) in [5.74, 6) is 0.976. The third kappa shape index (κ3) is 5.40. The number of nitrogens with zero attached hydrogens (tertiary/aromatic N) is 1. The lowest BCUT2D eigenvalue weighted by molar-refractivity contribution is -0.141. The first-order valence-electron chi connectivity index (χ1n) is 11.6.